The highest BCUT2D eigenvalue weighted by atomic mass is 16.3. The molecule has 3 rings (SSSR count). The maximum absolute atomic E-state index is 12.4. The number of hydrogen-bond donors (Lipinski definition) is 2. The quantitative estimate of drug-likeness (QED) is 0.774. The molecule has 0 saturated carbocycles. The summed E-state index contributed by atoms with van der Waals surface area (Å²) in [6.07, 6.45) is 1.23. The molecule has 0 radical (unpaired) electrons. The number of nitrogens with two attached hydrogens (primary N) is 1. The van der Waals surface area contributed by atoms with Gasteiger partial charge in [-0.2, -0.15) is 0 Å². The third-order valence-electron chi connectivity index (χ3n) is 3.25. The van der Waals surface area contributed by atoms with Crippen LogP contribution in [0.5, 0.6) is 0 Å². The largest absolute Gasteiger partial charge is 0.443 e. The fraction of sp³-hybridized carbons (Fsp3) is 0. The van der Waals surface area contributed by atoms with E-state index in [1.54, 1.807) is 24.3 Å². The molecule has 23 heavy (non-hydrogen) atoms. The number of oxazole rings is 1. The molecule has 2 amide bonds. The van der Waals surface area contributed by atoms with Gasteiger partial charge in [-0.05, 0) is 24.3 Å². The number of aromatic nitrogens is 1. The molecule has 2 aromatic carbocycles. The van der Waals surface area contributed by atoms with Crippen LogP contribution in [0.4, 0.5) is 5.69 Å². The number of nitrogens with zero attached hydrogens (tertiary/aromatic N) is 1. The van der Waals surface area contributed by atoms with E-state index < -0.39 is 11.8 Å². The van der Waals surface area contributed by atoms with Gasteiger partial charge in [0.15, 0.2) is 17.8 Å². The van der Waals surface area contributed by atoms with Crippen molar-refractivity contribution in [2.45, 2.75) is 0 Å². The van der Waals surface area contributed by atoms with E-state index >= 15 is 0 Å². The van der Waals surface area contributed by atoms with Crippen LogP contribution in [0.15, 0.2) is 65.4 Å². The number of carbonyl (C=O) groups is 2. The Kier molecular flexibility index (Phi) is 3.88. The first-order valence-corrected chi connectivity index (χ1v) is 6.85. The highest BCUT2D eigenvalue weighted by molar-refractivity contribution is 6.06. The third kappa shape index (κ3) is 3.11. The number of rotatable bonds is 4. The minimum Gasteiger partial charge on any atom is -0.443 e. The average molecular weight is 307 g/mol. The fourth-order valence-corrected chi connectivity index (χ4v) is 2.11. The second kappa shape index (κ2) is 6.15. The molecule has 1 heterocycles. The number of hydrogen-bond acceptors (Lipinski definition) is 4. The minimum atomic E-state index is -0.522. The van der Waals surface area contributed by atoms with Crippen molar-refractivity contribution in [3.8, 4) is 11.3 Å². The van der Waals surface area contributed by atoms with Crippen molar-refractivity contribution in [2.75, 3.05) is 5.32 Å². The zero-order chi connectivity index (χ0) is 16.2. The molecular weight excluding hydrogens is 294 g/mol. The smallest absolute Gasteiger partial charge is 0.278 e. The first-order chi connectivity index (χ1) is 11.1. The van der Waals surface area contributed by atoms with Gasteiger partial charge in [0.1, 0.15) is 0 Å². The normalized spacial score (nSPS) is 10.3. The summed E-state index contributed by atoms with van der Waals surface area (Å²) in [7, 11) is 0. The Morgan fingerprint density at radius 1 is 1.00 bits per heavy atom. The Hall–Kier alpha value is -3.41. The number of benzene rings is 2. The van der Waals surface area contributed by atoms with E-state index in [4.69, 9.17) is 10.2 Å². The Bertz CT molecular complexity index is 839. The van der Waals surface area contributed by atoms with Gasteiger partial charge in [0, 0.05) is 16.8 Å². The zero-order valence-corrected chi connectivity index (χ0v) is 12.0. The highest BCUT2D eigenvalue weighted by Gasteiger charge is 2.18. The van der Waals surface area contributed by atoms with Crippen molar-refractivity contribution < 1.29 is 14.0 Å². The van der Waals surface area contributed by atoms with E-state index in [9.17, 15) is 9.59 Å². The van der Waals surface area contributed by atoms with Crippen LogP contribution in [0.1, 0.15) is 20.8 Å². The lowest BCUT2D eigenvalue weighted by Gasteiger charge is -2.05. The van der Waals surface area contributed by atoms with E-state index in [1.165, 1.54) is 6.39 Å². The topological polar surface area (TPSA) is 98.2 Å². The van der Waals surface area contributed by atoms with E-state index in [1.807, 2.05) is 30.3 Å². The molecule has 0 atom stereocenters. The van der Waals surface area contributed by atoms with E-state index in [-0.39, 0.29) is 5.69 Å². The molecule has 0 fully saturated rings. The molecule has 114 valence electrons. The molecule has 3 aromatic rings. The van der Waals surface area contributed by atoms with Crippen molar-refractivity contribution >= 4 is 17.5 Å². The van der Waals surface area contributed by atoms with Gasteiger partial charge in [0.05, 0.1) is 0 Å². The second-order valence-corrected chi connectivity index (χ2v) is 4.79. The highest BCUT2D eigenvalue weighted by Crippen LogP contribution is 2.23. The van der Waals surface area contributed by atoms with Crippen molar-refractivity contribution in [2.24, 2.45) is 5.73 Å². The van der Waals surface area contributed by atoms with Gasteiger partial charge in [0.2, 0.25) is 5.91 Å². The summed E-state index contributed by atoms with van der Waals surface area (Å²) in [5, 5.41) is 2.71. The van der Waals surface area contributed by atoms with Gasteiger partial charge in [-0.15, -0.1) is 0 Å². The van der Waals surface area contributed by atoms with Crippen molar-refractivity contribution in [1.82, 2.24) is 4.98 Å². The van der Waals surface area contributed by atoms with Crippen molar-refractivity contribution in [3.05, 3.63) is 72.2 Å². The Morgan fingerprint density at radius 3 is 2.35 bits per heavy atom. The molecule has 0 bridgehead atoms. The Labute approximate surface area is 132 Å². The summed E-state index contributed by atoms with van der Waals surface area (Å²) in [5.41, 5.74) is 7.03. The van der Waals surface area contributed by atoms with Crippen molar-refractivity contribution in [1.29, 1.82) is 0 Å². The number of nitrogens with one attached hydrogen (secondary N) is 1. The molecule has 0 spiro atoms. The van der Waals surface area contributed by atoms with Gasteiger partial charge in [0.25, 0.3) is 5.91 Å². The minimum absolute atomic E-state index is 0.190. The number of carbonyl (C=O) groups excluding carboxylic acids is 2. The van der Waals surface area contributed by atoms with Crippen molar-refractivity contribution in [3.63, 3.8) is 0 Å². The lowest BCUT2D eigenvalue weighted by Crippen LogP contribution is -2.14. The van der Waals surface area contributed by atoms with Crippen LogP contribution in [0.3, 0.4) is 0 Å². The summed E-state index contributed by atoms with van der Waals surface area (Å²) in [4.78, 5) is 27.4. The van der Waals surface area contributed by atoms with Gasteiger partial charge in [-0.3, -0.25) is 9.59 Å². The number of primary amides is 1. The van der Waals surface area contributed by atoms with Gasteiger partial charge in [-0.1, -0.05) is 30.3 Å². The Balaban J connectivity index is 1.82. The van der Waals surface area contributed by atoms with Gasteiger partial charge in [-0.25, -0.2) is 4.98 Å². The second-order valence-electron chi connectivity index (χ2n) is 4.79. The molecule has 0 aliphatic rings. The SMILES string of the molecule is NC(=O)c1ccc(NC(=O)c2ncoc2-c2ccccc2)cc1. The van der Waals surface area contributed by atoms with E-state index in [0.29, 0.717) is 17.0 Å². The Morgan fingerprint density at radius 2 is 1.70 bits per heavy atom. The van der Waals surface area contributed by atoms with Gasteiger partial charge < -0.3 is 15.5 Å². The van der Waals surface area contributed by atoms with Crippen LogP contribution in [0.2, 0.25) is 0 Å². The van der Waals surface area contributed by atoms with Crippen LogP contribution < -0.4 is 11.1 Å². The summed E-state index contributed by atoms with van der Waals surface area (Å²) in [6.45, 7) is 0. The fourth-order valence-electron chi connectivity index (χ4n) is 2.11. The molecule has 6 heteroatoms. The predicted octanol–water partition coefficient (Wildman–Crippen LogP) is 2.69. The average Bonchev–Trinajstić information content (AvgIpc) is 3.06. The first-order valence-electron chi connectivity index (χ1n) is 6.85. The van der Waals surface area contributed by atoms with Crippen LogP contribution in [-0.4, -0.2) is 16.8 Å². The summed E-state index contributed by atoms with van der Waals surface area (Å²) in [5.74, 6) is -0.521. The molecule has 0 aliphatic carbocycles. The van der Waals surface area contributed by atoms with Gasteiger partial charge >= 0.3 is 0 Å². The van der Waals surface area contributed by atoms with Crippen LogP contribution in [-0.2, 0) is 0 Å². The molecule has 3 N–H and O–H groups in total. The summed E-state index contributed by atoms with van der Waals surface area (Å²) >= 11 is 0. The molecule has 0 unspecified atom stereocenters. The van der Waals surface area contributed by atoms with Crippen LogP contribution >= 0.6 is 0 Å². The first kappa shape index (κ1) is 14.5. The molecular formula is C17H13N3O3. The predicted molar refractivity (Wildman–Crippen MR) is 84.9 cm³/mol. The lowest BCUT2D eigenvalue weighted by atomic mass is 10.1. The molecule has 1 aromatic heterocycles. The molecule has 0 saturated heterocycles. The molecule has 0 aliphatic heterocycles. The number of amides is 2. The monoisotopic (exact) mass is 307 g/mol. The van der Waals surface area contributed by atoms with Crippen LogP contribution in [0, 0.1) is 0 Å². The zero-order valence-electron chi connectivity index (χ0n) is 12.0. The van der Waals surface area contributed by atoms with Crippen LogP contribution in [0.25, 0.3) is 11.3 Å². The van der Waals surface area contributed by atoms with E-state index in [2.05, 4.69) is 10.3 Å². The maximum atomic E-state index is 12.4. The number of anilines is 1. The lowest BCUT2D eigenvalue weighted by molar-refractivity contribution is 0.0998. The third-order valence-corrected chi connectivity index (χ3v) is 3.25. The van der Waals surface area contributed by atoms with E-state index in [0.717, 1.165) is 5.56 Å². The summed E-state index contributed by atoms with van der Waals surface area (Å²) in [6, 6.07) is 15.5. The molecule has 6 nitrogen and oxygen atoms in total. The standard InChI is InChI=1S/C17H13N3O3/c18-16(21)12-6-8-13(9-7-12)20-17(22)14-15(23-10-19-14)11-4-2-1-3-5-11/h1-10H,(H2,18,21)(H,20,22). The summed E-state index contributed by atoms with van der Waals surface area (Å²) < 4.78 is 5.33. The maximum Gasteiger partial charge on any atom is 0.278 e.